The fourth-order valence-corrected chi connectivity index (χ4v) is 3.01. The van der Waals surface area contributed by atoms with Crippen LogP contribution < -0.4 is 0 Å². The van der Waals surface area contributed by atoms with Gasteiger partial charge in [-0.2, -0.15) is 0 Å². The van der Waals surface area contributed by atoms with Crippen LogP contribution in [0.2, 0.25) is 0 Å². The topological polar surface area (TPSA) is 25.8 Å². The quantitative estimate of drug-likeness (QED) is 0.368. The first-order valence-electron chi connectivity index (χ1n) is 8.60. The van der Waals surface area contributed by atoms with E-state index in [1.165, 1.54) is 27.3 Å². The molecule has 0 unspecified atom stereocenters. The average Bonchev–Trinajstić information content (AvgIpc) is 2.74. The molecule has 5 rings (SSSR count). The van der Waals surface area contributed by atoms with Gasteiger partial charge in [0.2, 0.25) is 0 Å². The van der Waals surface area contributed by atoms with Crippen LogP contribution in [0, 0.1) is 0 Å². The molecule has 0 N–H and O–H groups in total. The first-order valence-corrected chi connectivity index (χ1v) is 8.60. The Labute approximate surface area is 152 Å². The Balaban J connectivity index is 0.000000144. The van der Waals surface area contributed by atoms with Gasteiger partial charge in [-0.1, -0.05) is 72.8 Å². The number of pyridine rings is 2. The maximum atomic E-state index is 4.18. The van der Waals surface area contributed by atoms with Gasteiger partial charge in [-0.15, -0.1) is 0 Å². The molecule has 0 saturated carbocycles. The molecule has 0 saturated heterocycles. The van der Waals surface area contributed by atoms with E-state index in [-0.39, 0.29) is 0 Å². The maximum Gasteiger partial charge on any atom is 0.0701 e. The van der Waals surface area contributed by atoms with Gasteiger partial charge in [0.15, 0.2) is 0 Å². The highest BCUT2D eigenvalue weighted by molar-refractivity contribution is 5.96. The van der Waals surface area contributed by atoms with E-state index in [0.29, 0.717) is 0 Å². The summed E-state index contributed by atoms with van der Waals surface area (Å²) in [4.78, 5) is 8.33. The van der Waals surface area contributed by atoms with Gasteiger partial charge in [0.05, 0.1) is 5.52 Å². The number of hydrogen-bond donors (Lipinski definition) is 0. The summed E-state index contributed by atoms with van der Waals surface area (Å²) in [6, 6.07) is 30.9. The number of para-hydroxylation sites is 1. The summed E-state index contributed by atoms with van der Waals surface area (Å²) >= 11 is 0. The molecular weight excluding hydrogens is 316 g/mol. The predicted octanol–water partition coefficient (Wildman–Crippen LogP) is 6.14. The van der Waals surface area contributed by atoms with Gasteiger partial charge < -0.3 is 0 Å². The second-order valence-electron chi connectivity index (χ2n) is 5.96. The lowest BCUT2D eigenvalue weighted by atomic mass is 10.00. The SMILES string of the molecule is c1ccc(-c2cccc3cnccc23)cc1.c1ccc2ncccc2c1. The van der Waals surface area contributed by atoms with Gasteiger partial charge in [-0.3, -0.25) is 9.97 Å². The van der Waals surface area contributed by atoms with Crippen molar-refractivity contribution in [3.63, 3.8) is 0 Å². The molecule has 0 atom stereocenters. The van der Waals surface area contributed by atoms with E-state index < -0.39 is 0 Å². The summed E-state index contributed by atoms with van der Waals surface area (Å²) < 4.78 is 0. The van der Waals surface area contributed by atoms with Gasteiger partial charge in [0.25, 0.3) is 0 Å². The molecule has 0 spiro atoms. The molecule has 5 aromatic rings. The Morgan fingerprint density at radius 1 is 0.538 bits per heavy atom. The summed E-state index contributed by atoms with van der Waals surface area (Å²) in [5.41, 5.74) is 3.57. The van der Waals surface area contributed by atoms with Crippen LogP contribution in [0.4, 0.5) is 0 Å². The molecule has 2 aromatic heterocycles. The van der Waals surface area contributed by atoms with E-state index in [2.05, 4.69) is 70.6 Å². The standard InChI is InChI=1S/C15H11N.C9H7N/c1-2-5-12(6-3-1)14-8-4-7-13-11-16-10-9-15(13)14;1-2-6-9-8(4-1)5-3-7-10-9/h1-11H;1-7H. The highest BCUT2D eigenvalue weighted by Gasteiger charge is 2.01. The molecule has 0 radical (unpaired) electrons. The minimum atomic E-state index is 1.06. The van der Waals surface area contributed by atoms with Crippen LogP contribution in [0.15, 0.2) is 110 Å². The number of rotatable bonds is 1. The summed E-state index contributed by atoms with van der Waals surface area (Å²) in [6.07, 6.45) is 5.55. The monoisotopic (exact) mass is 334 g/mol. The molecule has 0 aliphatic rings. The van der Waals surface area contributed by atoms with Crippen LogP contribution in [0.5, 0.6) is 0 Å². The Bertz CT molecular complexity index is 1060. The lowest BCUT2D eigenvalue weighted by molar-refractivity contribution is 1.36. The van der Waals surface area contributed by atoms with Crippen molar-refractivity contribution in [2.45, 2.75) is 0 Å². The van der Waals surface area contributed by atoms with Crippen molar-refractivity contribution in [3.05, 3.63) is 110 Å². The molecule has 0 aliphatic heterocycles. The minimum absolute atomic E-state index is 1.06. The lowest BCUT2D eigenvalue weighted by Crippen LogP contribution is -1.81. The van der Waals surface area contributed by atoms with Crippen LogP contribution in [-0.2, 0) is 0 Å². The average molecular weight is 334 g/mol. The second-order valence-corrected chi connectivity index (χ2v) is 5.96. The number of fused-ring (bicyclic) bond motifs is 2. The molecule has 2 heterocycles. The zero-order valence-electron chi connectivity index (χ0n) is 14.3. The zero-order valence-corrected chi connectivity index (χ0v) is 14.3. The molecule has 0 amide bonds. The van der Waals surface area contributed by atoms with E-state index in [1.807, 2.05) is 48.9 Å². The first kappa shape index (κ1) is 16.0. The van der Waals surface area contributed by atoms with Crippen molar-refractivity contribution in [1.29, 1.82) is 0 Å². The largest absolute Gasteiger partial charge is 0.264 e. The highest BCUT2D eigenvalue weighted by atomic mass is 14.6. The molecule has 0 bridgehead atoms. The van der Waals surface area contributed by atoms with Crippen molar-refractivity contribution in [1.82, 2.24) is 9.97 Å². The maximum absolute atomic E-state index is 4.18. The third-order valence-electron chi connectivity index (χ3n) is 4.28. The molecule has 26 heavy (non-hydrogen) atoms. The summed E-state index contributed by atoms with van der Waals surface area (Å²) in [6.45, 7) is 0. The van der Waals surface area contributed by atoms with Crippen LogP contribution in [0.25, 0.3) is 32.8 Å². The van der Waals surface area contributed by atoms with Crippen LogP contribution in [0.1, 0.15) is 0 Å². The molecule has 2 nitrogen and oxygen atoms in total. The molecular formula is C24H18N2. The lowest BCUT2D eigenvalue weighted by Gasteiger charge is -2.05. The van der Waals surface area contributed by atoms with Crippen molar-refractivity contribution in [2.75, 3.05) is 0 Å². The predicted molar refractivity (Wildman–Crippen MR) is 109 cm³/mol. The minimum Gasteiger partial charge on any atom is -0.264 e. The van der Waals surface area contributed by atoms with Crippen LogP contribution >= 0.6 is 0 Å². The van der Waals surface area contributed by atoms with Gasteiger partial charge in [-0.25, -0.2) is 0 Å². The van der Waals surface area contributed by atoms with Gasteiger partial charge >= 0.3 is 0 Å². The Morgan fingerprint density at radius 3 is 2.19 bits per heavy atom. The highest BCUT2D eigenvalue weighted by Crippen LogP contribution is 2.27. The number of aromatic nitrogens is 2. The Hall–Kier alpha value is -3.52. The summed E-state index contributed by atoms with van der Waals surface area (Å²) in [5, 5.41) is 3.64. The molecule has 2 heteroatoms. The third kappa shape index (κ3) is 3.45. The van der Waals surface area contributed by atoms with E-state index in [9.17, 15) is 0 Å². The van der Waals surface area contributed by atoms with Crippen LogP contribution in [-0.4, -0.2) is 9.97 Å². The van der Waals surface area contributed by atoms with Crippen molar-refractivity contribution >= 4 is 21.7 Å². The van der Waals surface area contributed by atoms with Crippen molar-refractivity contribution in [2.24, 2.45) is 0 Å². The van der Waals surface area contributed by atoms with Gasteiger partial charge in [-0.05, 0) is 34.7 Å². The van der Waals surface area contributed by atoms with Gasteiger partial charge in [0, 0.05) is 29.4 Å². The second kappa shape index (κ2) is 7.58. The molecule has 0 fully saturated rings. The van der Waals surface area contributed by atoms with E-state index in [0.717, 1.165) is 5.52 Å². The smallest absolute Gasteiger partial charge is 0.0701 e. The molecule has 3 aromatic carbocycles. The number of nitrogens with zero attached hydrogens (tertiary/aromatic N) is 2. The zero-order chi connectivity index (χ0) is 17.6. The summed E-state index contributed by atoms with van der Waals surface area (Å²) in [7, 11) is 0. The summed E-state index contributed by atoms with van der Waals surface area (Å²) in [5.74, 6) is 0. The van der Waals surface area contributed by atoms with E-state index in [4.69, 9.17) is 0 Å². The first-order chi connectivity index (χ1) is 12.9. The van der Waals surface area contributed by atoms with Crippen molar-refractivity contribution in [3.8, 4) is 11.1 Å². The Kier molecular flexibility index (Phi) is 4.66. The fourth-order valence-electron chi connectivity index (χ4n) is 3.01. The van der Waals surface area contributed by atoms with E-state index in [1.54, 1.807) is 0 Å². The number of hydrogen-bond acceptors (Lipinski definition) is 2. The molecule has 0 aliphatic carbocycles. The van der Waals surface area contributed by atoms with Gasteiger partial charge in [0.1, 0.15) is 0 Å². The van der Waals surface area contributed by atoms with Crippen LogP contribution in [0.3, 0.4) is 0 Å². The van der Waals surface area contributed by atoms with Crippen molar-refractivity contribution < 1.29 is 0 Å². The Morgan fingerprint density at radius 2 is 1.31 bits per heavy atom. The normalized spacial score (nSPS) is 10.3. The third-order valence-corrected chi connectivity index (χ3v) is 4.28. The molecule has 124 valence electrons. The van der Waals surface area contributed by atoms with E-state index >= 15 is 0 Å². The number of benzene rings is 3. The fraction of sp³-hybridized carbons (Fsp3) is 0.